The van der Waals surface area contributed by atoms with Crippen LogP contribution < -0.4 is 14.5 Å². The fourth-order valence-corrected chi connectivity index (χ4v) is 3.53. The molecule has 3 nitrogen and oxygen atoms in total. The molecule has 1 heterocycles. The fourth-order valence-electron chi connectivity index (χ4n) is 3.53. The number of quaternary nitrogens is 1. The average Bonchev–Trinajstić information content (AvgIpc) is 2.70. The number of para-hydroxylation sites is 2. The van der Waals surface area contributed by atoms with E-state index in [-0.39, 0.29) is 0 Å². The summed E-state index contributed by atoms with van der Waals surface area (Å²) in [4.78, 5) is 4.12. The molecule has 3 aromatic carbocycles. The van der Waals surface area contributed by atoms with Gasteiger partial charge in [-0.3, -0.25) is 0 Å². The Balaban J connectivity index is 1.34. The van der Waals surface area contributed by atoms with E-state index < -0.39 is 0 Å². The third-order valence-corrected chi connectivity index (χ3v) is 4.92. The lowest BCUT2D eigenvalue weighted by molar-refractivity contribution is -0.914. The van der Waals surface area contributed by atoms with Crippen molar-refractivity contribution in [3.63, 3.8) is 0 Å². The van der Waals surface area contributed by atoms with Crippen molar-refractivity contribution in [3.8, 4) is 11.5 Å². The number of benzene rings is 3. The lowest BCUT2D eigenvalue weighted by Crippen LogP contribution is -3.13. The van der Waals surface area contributed by atoms with Gasteiger partial charge in [0.2, 0.25) is 0 Å². The predicted molar refractivity (Wildman–Crippen MR) is 106 cm³/mol. The molecule has 0 atom stereocenters. The first kappa shape index (κ1) is 16.7. The Bertz CT molecular complexity index is 812. The van der Waals surface area contributed by atoms with Crippen molar-refractivity contribution in [1.29, 1.82) is 0 Å². The van der Waals surface area contributed by atoms with E-state index in [0.717, 1.165) is 31.1 Å². The van der Waals surface area contributed by atoms with Crippen LogP contribution in [-0.2, 0) is 6.54 Å². The normalized spacial score (nSPS) is 15.0. The van der Waals surface area contributed by atoms with Gasteiger partial charge in [-0.15, -0.1) is 0 Å². The number of rotatable bonds is 5. The molecule has 26 heavy (non-hydrogen) atoms. The zero-order valence-corrected chi connectivity index (χ0v) is 15.0. The van der Waals surface area contributed by atoms with Crippen molar-refractivity contribution in [3.05, 3.63) is 90.5 Å². The lowest BCUT2D eigenvalue weighted by atomic mass is 10.1. The van der Waals surface area contributed by atoms with Crippen LogP contribution in [0.25, 0.3) is 0 Å². The van der Waals surface area contributed by atoms with Gasteiger partial charge in [-0.2, -0.15) is 0 Å². The smallest absolute Gasteiger partial charge is 0.127 e. The molecule has 0 bridgehead atoms. The number of hydrogen-bond donors (Lipinski definition) is 1. The monoisotopic (exact) mass is 345 g/mol. The minimum absolute atomic E-state index is 0.883. The zero-order valence-electron chi connectivity index (χ0n) is 15.0. The molecule has 3 aromatic rings. The van der Waals surface area contributed by atoms with E-state index in [1.54, 1.807) is 4.90 Å². The van der Waals surface area contributed by atoms with Crippen LogP contribution in [0, 0.1) is 0 Å². The molecule has 0 amide bonds. The van der Waals surface area contributed by atoms with Gasteiger partial charge in [-0.05, 0) is 36.4 Å². The molecule has 0 unspecified atom stereocenters. The summed E-state index contributed by atoms with van der Waals surface area (Å²) in [6.45, 7) is 5.60. The molecule has 132 valence electrons. The Labute approximate surface area is 155 Å². The molecule has 4 rings (SSSR count). The molecule has 1 aliphatic heterocycles. The van der Waals surface area contributed by atoms with Gasteiger partial charge in [-0.25, -0.2) is 0 Å². The van der Waals surface area contributed by atoms with Crippen molar-refractivity contribution in [2.75, 3.05) is 31.1 Å². The van der Waals surface area contributed by atoms with E-state index in [4.69, 9.17) is 4.74 Å². The van der Waals surface area contributed by atoms with Gasteiger partial charge < -0.3 is 14.5 Å². The molecule has 0 radical (unpaired) electrons. The van der Waals surface area contributed by atoms with Crippen LogP contribution in [0.3, 0.4) is 0 Å². The molecule has 1 saturated heterocycles. The van der Waals surface area contributed by atoms with Crippen molar-refractivity contribution < 1.29 is 9.64 Å². The first-order chi connectivity index (χ1) is 12.9. The minimum Gasteiger partial charge on any atom is -0.457 e. The molecular formula is C23H25N2O+. The Morgan fingerprint density at radius 1 is 0.731 bits per heavy atom. The third-order valence-electron chi connectivity index (χ3n) is 4.92. The summed E-state index contributed by atoms with van der Waals surface area (Å²) < 4.78 is 5.97. The van der Waals surface area contributed by atoms with E-state index >= 15 is 0 Å². The molecule has 0 aliphatic carbocycles. The maximum atomic E-state index is 5.97. The highest BCUT2D eigenvalue weighted by Crippen LogP contribution is 2.21. The Morgan fingerprint density at radius 3 is 2.12 bits per heavy atom. The second-order valence-corrected chi connectivity index (χ2v) is 6.81. The average molecular weight is 345 g/mol. The van der Waals surface area contributed by atoms with Gasteiger partial charge in [0.05, 0.1) is 26.2 Å². The molecule has 1 N–H and O–H groups in total. The van der Waals surface area contributed by atoms with Crippen LogP contribution in [0.15, 0.2) is 84.9 Å². The highest BCUT2D eigenvalue weighted by molar-refractivity contribution is 5.46. The summed E-state index contributed by atoms with van der Waals surface area (Å²) in [6, 6.07) is 29.2. The maximum absolute atomic E-state index is 5.97. The topological polar surface area (TPSA) is 16.9 Å². The van der Waals surface area contributed by atoms with Crippen molar-refractivity contribution in [2.45, 2.75) is 6.54 Å². The predicted octanol–water partition coefficient (Wildman–Crippen LogP) is 3.38. The van der Waals surface area contributed by atoms with Crippen LogP contribution in [0.5, 0.6) is 11.5 Å². The number of nitrogens with one attached hydrogen (secondary N) is 1. The van der Waals surface area contributed by atoms with Gasteiger partial charge in [0.1, 0.15) is 18.0 Å². The van der Waals surface area contributed by atoms with Crippen LogP contribution >= 0.6 is 0 Å². The molecular weight excluding hydrogens is 320 g/mol. The summed E-state index contributed by atoms with van der Waals surface area (Å²) in [5, 5.41) is 0. The summed E-state index contributed by atoms with van der Waals surface area (Å²) in [6.07, 6.45) is 0. The molecule has 0 aromatic heterocycles. The Hall–Kier alpha value is -2.78. The van der Waals surface area contributed by atoms with Crippen LogP contribution in [0.4, 0.5) is 5.69 Å². The standard InChI is InChI=1S/C23H24N2O/c1-3-9-21(10-4-1)25-16-14-24(15-17-25)19-20-8-7-13-23(18-20)26-22-11-5-2-6-12-22/h1-13,18H,14-17,19H2/p+1. The minimum atomic E-state index is 0.883. The summed E-state index contributed by atoms with van der Waals surface area (Å²) >= 11 is 0. The van der Waals surface area contributed by atoms with E-state index in [0.29, 0.717) is 0 Å². The molecule has 1 fully saturated rings. The van der Waals surface area contributed by atoms with Crippen LogP contribution in [-0.4, -0.2) is 26.2 Å². The molecule has 3 heteroatoms. The third kappa shape index (κ3) is 4.24. The SMILES string of the molecule is c1ccc(Oc2cccc(C[NH+]3CCN(c4ccccc4)CC3)c2)cc1. The van der Waals surface area contributed by atoms with Gasteiger partial charge in [-0.1, -0.05) is 48.5 Å². The van der Waals surface area contributed by atoms with E-state index in [1.165, 1.54) is 24.3 Å². The van der Waals surface area contributed by atoms with Crippen molar-refractivity contribution in [1.82, 2.24) is 0 Å². The van der Waals surface area contributed by atoms with E-state index in [9.17, 15) is 0 Å². The molecule has 1 aliphatic rings. The van der Waals surface area contributed by atoms with Gasteiger partial charge >= 0.3 is 0 Å². The van der Waals surface area contributed by atoms with Gasteiger partial charge in [0.25, 0.3) is 0 Å². The second-order valence-electron chi connectivity index (χ2n) is 6.81. The number of piperazine rings is 1. The van der Waals surface area contributed by atoms with Crippen molar-refractivity contribution >= 4 is 5.69 Å². The van der Waals surface area contributed by atoms with E-state index in [1.807, 2.05) is 36.4 Å². The Kier molecular flexibility index (Phi) is 5.17. The van der Waals surface area contributed by atoms with E-state index in [2.05, 4.69) is 53.4 Å². The van der Waals surface area contributed by atoms with Crippen LogP contribution in [0.2, 0.25) is 0 Å². The van der Waals surface area contributed by atoms with Gasteiger partial charge in [0, 0.05) is 11.3 Å². The quantitative estimate of drug-likeness (QED) is 0.763. The largest absolute Gasteiger partial charge is 0.457 e. The number of anilines is 1. The molecule has 0 spiro atoms. The lowest BCUT2D eigenvalue weighted by Gasteiger charge is -2.33. The summed E-state index contributed by atoms with van der Waals surface area (Å²) in [7, 11) is 0. The maximum Gasteiger partial charge on any atom is 0.127 e. The number of hydrogen-bond acceptors (Lipinski definition) is 2. The highest BCUT2D eigenvalue weighted by atomic mass is 16.5. The van der Waals surface area contributed by atoms with Crippen molar-refractivity contribution in [2.24, 2.45) is 0 Å². The first-order valence-corrected chi connectivity index (χ1v) is 9.32. The number of ether oxygens (including phenoxy) is 1. The fraction of sp³-hybridized carbons (Fsp3) is 0.217. The highest BCUT2D eigenvalue weighted by Gasteiger charge is 2.20. The summed E-state index contributed by atoms with van der Waals surface area (Å²) in [5.41, 5.74) is 2.67. The zero-order chi connectivity index (χ0) is 17.6. The summed E-state index contributed by atoms with van der Waals surface area (Å²) in [5.74, 6) is 1.80. The number of nitrogens with zero attached hydrogens (tertiary/aromatic N) is 1. The van der Waals surface area contributed by atoms with Crippen LogP contribution in [0.1, 0.15) is 5.56 Å². The molecule has 0 saturated carbocycles. The Morgan fingerprint density at radius 2 is 1.38 bits per heavy atom. The second kappa shape index (κ2) is 8.07. The van der Waals surface area contributed by atoms with Gasteiger partial charge in [0.15, 0.2) is 0 Å². The first-order valence-electron chi connectivity index (χ1n) is 9.32.